The molecule has 0 aliphatic heterocycles. The Labute approximate surface area is 94.7 Å². The summed E-state index contributed by atoms with van der Waals surface area (Å²) in [6.45, 7) is 5.70. The highest BCUT2D eigenvalue weighted by Crippen LogP contribution is 2.13. The first kappa shape index (κ1) is 12.7. The summed E-state index contributed by atoms with van der Waals surface area (Å²) in [7, 11) is 0. The van der Waals surface area contributed by atoms with E-state index >= 15 is 0 Å². The Kier molecular flexibility index (Phi) is 4.04. The van der Waals surface area contributed by atoms with Gasteiger partial charge in [-0.3, -0.25) is 0 Å². The average molecular weight is 224 g/mol. The minimum Gasteiger partial charge on any atom is -0.478 e. The molecule has 0 saturated carbocycles. The van der Waals surface area contributed by atoms with Crippen LogP contribution < -0.4 is 0 Å². The SMILES string of the molecule is CC(C)(C)OOCc1ccccc1C(=O)O. The molecule has 0 spiro atoms. The lowest BCUT2D eigenvalue weighted by atomic mass is 10.1. The third-order valence-corrected chi connectivity index (χ3v) is 1.77. The van der Waals surface area contributed by atoms with Crippen molar-refractivity contribution in [2.45, 2.75) is 33.0 Å². The molecule has 0 heterocycles. The predicted molar refractivity (Wildman–Crippen MR) is 59.0 cm³/mol. The van der Waals surface area contributed by atoms with Crippen molar-refractivity contribution < 1.29 is 19.7 Å². The van der Waals surface area contributed by atoms with E-state index in [4.69, 9.17) is 14.9 Å². The highest BCUT2D eigenvalue weighted by Gasteiger charge is 2.13. The highest BCUT2D eigenvalue weighted by atomic mass is 17.2. The van der Waals surface area contributed by atoms with E-state index < -0.39 is 11.6 Å². The van der Waals surface area contributed by atoms with Crippen LogP contribution in [0, 0.1) is 0 Å². The average Bonchev–Trinajstić information content (AvgIpc) is 2.16. The van der Waals surface area contributed by atoms with Crippen molar-refractivity contribution in [3.8, 4) is 0 Å². The van der Waals surface area contributed by atoms with Crippen LogP contribution >= 0.6 is 0 Å². The van der Waals surface area contributed by atoms with Crippen LogP contribution in [0.2, 0.25) is 0 Å². The second kappa shape index (κ2) is 5.09. The fraction of sp³-hybridized carbons (Fsp3) is 0.417. The molecule has 4 nitrogen and oxygen atoms in total. The van der Waals surface area contributed by atoms with Crippen LogP contribution in [0.25, 0.3) is 0 Å². The summed E-state index contributed by atoms with van der Waals surface area (Å²) in [5, 5.41) is 8.93. The fourth-order valence-electron chi connectivity index (χ4n) is 1.12. The number of carbonyl (C=O) groups is 1. The molecule has 1 aromatic rings. The summed E-state index contributed by atoms with van der Waals surface area (Å²) in [6.07, 6.45) is 0. The van der Waals surface area contributed by atoms with Gasteiger partial charge in [0.1, 0.15) is 6.61 Å². The standard InChI is InChI=1S/C12H16O4/c1-12(2,3)16-15-8-9-6-4-5-7-10(9)11(13)14/h4-7H,8H2,1-3H3,(H,13,14). The third-order valence-electron chi connectivity index (χ3n) is 1.77. The number of benzene rings is 1. The summed E-state index contributed by atoms with van der Waals surface area (Å²) >= 11 is 0. The van der Waals surface area contributed by atoms with Crippen LogP contribution in [-0.4, -0.2) is 16.7 Å². The monoisotopic (exact) mass is 224 g/mol. The topological polar surface area (TPSA) is 55.8 Å². The number of hydrogen-bond donors (Lipinski definition) is 1. The van der Waals surface area contributed by atoms with Crippen molar-refractivity contribution in [2.75, 3.05) is 0 Å². The first-order chi connectivity index (χ1) is 7.40. The van der Waals surface area contributed by atoms with E-state index in [9.17, 15) is 4.79 Å². The molecular formula is C12H16O4. The Balaban J connectivity index is 2.64. The fourth-order valence-corrected chi connectivity index (χ4v) is 1.12. The van der Waals surface area contributed by atoms with Gasteiger partial charge >= 0.3 is 5.97 Å². The Hall–Kier alpha value is -1.39. The normalized spacial score (nSPS) is 11.4. The Morgan fingerprint density at radius 1 is 1.31 bits per heavy atom. The van der Waals surface area contributed by atoms with Gasteiger partial charge < -0.3 is 5.11 Å². The van der Waals surface area contributed by atoms with E-state index in [0.717, 1.165) is 0 Å². The lowest BCUT2D eigenvalue weighted by Gasteiger charge is -2.17. The van der Waals surface area contributed by atoms with Gasteiger partial charge in [-0.25, -0.2) is 14.6 Å². The van der Waals surface area contributed by atoms with Crippen LogP contribution in [0.5, 0.6) is 0 Å². The maximum atomic E-state index is 10.9. The van der Waals surface area contributed by atoms with Crippen molar-refractivity contribution in [3.63, 3.8) is 0 Å². The molecule has 0 bridgehead atoms. The Morgan fingerprint density at radius 2 is 1.94 bits per heavy atom. The summed E-state index contributed by atoms with van der Waals surface area (Å²) in [5.41, 5.74) is 0.428. The van der Waals surface area contributed by atoms with Gasteiger partial charge in [-0.2, -0.15) is 0 Å². The van der Waals surface area contributed by atoms with Gasteiger partial charge in [0.2, 0.25) is 0 Å². The largest absolute Gasteiger partial charge is 0.478 e. The number of hydrogen-bond acceptors (Lipinski definition) is 3. The second-order valence-electron chi connectivity index (χ2n) is 4.42. The highest BCUT2D eigenvalue weighted by molar-refractivity contribution is 5.89. The van der Waals surface area contributed by atoms with E-state index in [1.165, 1.54) is 6.07 Å². The first-order valence-electron chi connectivity index (χ1n) is 5.02. The molecule has 1 N–H and O–H groups in total. The minimum atomic E-state index is -0.963. The lowest BCUT2D eigenvalue weighted by molar-refractivity contribution is -0.356. The van der Waals surface area contributed by atoms with Crippen LogP contribution in [-0.2, 0) is 16.4 Å². The second-order valence-corrected chi connectivity index (χ2v) is 4.42. The molecule has 0 radical (unpaired) electrons. The zero-order valence-corrected chi connectivity index (χ0v) is 9.69. The van der Waals surface area contributed by atoms with Gasteiger partial charge in [0.05, 0.1) is 11.2 Å². The van der Waals surface area contributed by atoms with E-state index in [1.54, 1.807) is 18.2 Å². The minimum absolute atomic E-state index is 0.125. The van der Waals surface area contributed by atoms with Crippen molar-refractivity contribution in [2.24, 2.45) is 0 Å². The molecule has 4 heteroatoms. The molecule has 1 aromatic carbocycles. The third kappa shape index (κ3) is 4.00. The molecule has 0 fully saturated rings. The lowest BCUT2D eigenvalue weighted by Crippen LogP contribution is -2.19. The Bertz CT molecular complexity index is 366. The molecule has 0 aliphatic rings. The summed E-state index contributed by atoms with van der Waals surface area (Å²) in [6, 6.07) is 6.69. The molecule has 0 aliphatic carbocycles. The van der Waals surface area contributed by atoms with Gasteiger partial charge in [0, 0.05) is 0 Å². The van der Waals surface area contributed by atoms with E-state index in [2.05, 4.69) is 0 Å². The molecule has 16 heavy (non-hydrogen) atoms. The van der Waals surface area contributed by atoms with Gasteiger partial charge in [-0.1, -0.05) is 18.2 Å². The van der Waals surface area contributed by atoms with E-state index in [-0.39, 0.29) is 12.2 Å². The van der Waals surface area contributed by atoms with Crippen molar-refractivity contribution in [1.82, 2.24) is 0 Å². The number of carboxylic acid groups (broad SMARTS) is 1. The van der Waals surface area contributed by atoms with Crippen molar-refractivity contribution in [1.29, 1.82) is 0 Å². The molecular weight excluding hydrogens is 208 g/mol. The van der Waals surface area contributed by atoms with Gasteiger partial charge in [0.25, 0.3) is 0 Å². The molecule has 0 atom stereocenters. The van der Waals surface area contributed by atoms with Gasteiger partial charge in [0.15, 0.2) is 0 Å². The number of aromatic carboxylic acids is 1. The smallest absolute Gasteiger partial charge is 0.336 e. The van der Waals surface area contributed by atoms with Crippen LogP contribution in [0.15, 0.2) is 24.3 Å². The summed E-state index contributed by atoms with van der Waals surface area (Å²) < 4.78 is 0. The van der Waals surface area contributed by atoms with Crippen LogP contribution in [0.4, 0.5) is 0 Å². The summed E-state index contributed by atoms with van der Waals surface area (Å²) in [4.78, 5) is 21.0. The molecule has 1 rings (SSSR count). The number of carboxylic acids is 1. The maximum Gasteiger partial charge on any atom is 0.336 e. The predicted octanol–water partition coefficient (Wildman–Crippen LogP) is 2.63. The quantitative estimate of drug-likeness (QED) is 0.631. The Morgan fingerprint density at radius 3 is 2.50 bits per heavy atom. The van der Waals surface area contributed by atoms with E-state index in [1.807, 2.05) is 20.8 Å². The van der Waals surface area contributed by atoms with Crippen molar-refractivity contribution >= 4 is 5.97 Å². The molecule has 0 saturated heterocycles. The number of rotatable bonds is 4. The zero-order chi connectivity index (χ0) is 12.2. The summed E-state index contributed by atoms with van der Waals surface area (Å²) in [5.74, 6) is -0.963. The van der Waals surface area contributed by atoms with Crippen molar-refractivity contribution in [3.05, 3.63) is 35.4 Å². The van der Waals surface area contributed by atoms with Gasteiger partial charge in [-0.05, 0) is 32.4 Å². The first-order valence-corrected chi connectivity index (χ1v) is 5.02. The van der Waals surface area contributed by atoms with Gasteiger partial charge in [-0.15, -0.1) is 0 Å². The van der Waals surface area contributed by atoms with E-state index in [0.29, 0.717) is 5.56 Å². The van der Waals surface area contributed by atoms with Crippen LogP contribution in [0.3, 0.4) is 0 Å². The van der Waals surface area contributed by atoms with Crippen LogP contribution in [0.1, 0.15) is 36.7 Å². The molecule has 88 valence electrons. The molecule has 0 unspecified atom stereocenters. The molecule has 0 aromatic heterocycles. The molecule has 0 amide bonds. The maximum absolute atomic E-state index is 10.9. The zero-order valence-electron chi connectivity index (χ0n) is 9.69.